The molecule has 0 aromatic carbocycles. The van der Waals surface area contributed by atoms with Gasteiger partial charge < -0.3 is 9.88 Å². The van der Waals surface area contributed by atoms with Crippen LogP contribution in [0.15, 0.2) is 6.07 Å². The maximum absolute atomic E-state index is 12.4. The third kappa shape index (κ3) is 3.32. The molecule has 2 aromatic rings. The van der Waals surface area contributed by atoms with Gasteiger partial charge in [0.25, 0.3) is 5.91 Å². The summed E-state index contributed by atoms with van der Waals surface area (Å²) in [5.74, 6) is 0.991. The van der Waals surface area contributed by atoms with Crippen LogP contribution in [-0.2, 0) is 19.3 Å². The number of thiophene rings is 1. The molecule has 0 saturated heterocycles. The molecule has 7 heteroatoms. The summed E-state index contributed by atoms with van der Waals surface area (Å²) in [6, 6.07) is 2.61. The largest absolute Gasteiger partial charge is 0.351 e. The fourth-order valence-corrected chi connectivity index (χ4v) is 4.85. The van der Waals surface area contributed by atoms with Crippen LogP contribution < -0.4 is 5.32 Å². The Hall–Kier alpha value is -1.47. The van der Waals surface area contributed by atoms with Crippen LogP contribution in [0.3, 0.4) is 0 Å². The summed E-state index contributed by atoms with van der Waals surface area (Å²) in [7, 11) is 0. The molecule has 4 rings (SSSR count). The molecule has 0 spiro atoms. The Morgan fingerprint density at radius 3 is 3.04 bits per heavy atom. The number of amides is 1. The number of nitrogens with zero attached hydrogens (tertiary/aromatic N) is 2. The molecule has 0 radical (unpaired) electrons. The number of carbonyl (C=O) groups is 1. The van der Waals surface area contributed by atoms with Gasteiger partial charge in [-0.3, -0.25) is 9.89 Å². The summed E-state index contributed by atoms with van der Waals surface area (Å²) in [5.41, 5.74) is 1.39. The molecular formula is C17H22N4OS2. The Balaban J connectivity index is 1.36. The summed E-state index contributed by atoms with van der Waals surface area (Å²) < 4.78 is 2.80. The summed E-state index contributed by atoms with van der Waals surface area (Å²) in [4.78, 5) is 14.7. The first kappa shape index (κ1) is 16.0. The molecule has 1 saturated carbocycles. The van der Waals surface area contributed by atoms with Gasteiger partial charge in [0, 0.05) is 23.9 Å². The number of fused-ring (bicyclic) bond motifs is 1. The molecule has 5 nitrogen and oxygen atoms in total. The highest BCUT2D eigenvalue weighted by molar-refractivity contribution is 7.71. The van der Waals surface area contributed by atoms with E-state index in [1.54, 1.807) is 11.3 Å². The van der Waals surface area contributed by atoms with E-state index in [1.165, 1.54) is 42.5 Å². The van der Waals surface area contributed by atoms with Crippen LogP contribution in [0.4, 0.5) is 0 Å². The highest BCUT2D eigenvalue weighted by atomic mass is 32.1. The van der Waals surface area contributed by atoms with Gasteiger partial charge in [0.1, 0.15) is 5.82 Å². The van der Waals surface area contributed by atoms with E-state index in [9.17, 15) is 4.79 Å². The first-order chi connectivity index (χ1) is 11.7. The minimum absolute atomic E-state index is 0.0418. The topological polar surface area (TPSA) is 62.7 Å². The molecule has 0 atom stereocenters. The minimum atomic E-state index is 0.0418. The molecule has 2 aliphatic rings. The zero-order valence-corrected chi connectivity index (χ0v) is 15.3. The normalized spacial score (nSPS) is 17.3. The smallest absolute Gasteiger partial charge is 0.261 e. The number of H-pyrrole nitrogens is 1. The molecule has 0 aliphatic heterocycles. The Bertz CT molecular complexity index is 776. The maximum Gasteiger partial charge on any atom is 0.261 e. The molecular weight excluding hydrogens is 340 g/mol. The van der Waals surface area contributed by atoms with E-state index in [4.69, 9.17) is 12.2 Å². The number of aromatic amines is 1. The second-order valence-corrected chi connectivity index (χ2v) is 8.20. The van der Waals surface area contributed by atoms with Gasteiger partial charge in [-0.1, -0.05) is 6.42 Å². The molecule has 0 bridgehead atoms. The number of hydrogen-bond acceptors (Lipinski definition) is 4. The van der Waals surface area contributed by atoms with Crippen molar-refractivity contribution in [3.8, 4) is 0 Å². The van der Waals surface area contributed by atoms with Crippen molar-refractivity contribution in [2.24, 2.45) is 0 Å². The molecule has 24 heavy (non-hydrogen) atoms. The van der Waals surface area contributed by atoms with E-state index in [0.717, 1.165) is 23.5 Å². The van der Waals surface area contributed by atoms with E-state index < -0.39 is 0 Å². The monoisotopic (exact) mass is 362 g/mol. The molecule has 2 aromatic heterocycles. The average molecular weight is 363 g/mol. The highest BCUT2D eigenvalue weighted by Crippen LogP contribution is 2.35. The van der Waals surface area contributed by atoms with Crippen LogP contribution >= 0.6 is 23.6 Å². The zero-order valence-electron chi connectivity index (χ0n) is 13.6. The quantitative estimate of drug-likeness (QED) is 0.631. The van der Waals surface area contributed by atoms with Gasteiger partial charge in [0.2, 0.25) is 0 Å². The highest BCUT2D eigenvalue weighted by Gasteiger charge is 2.27. The zero-order chi connectivity index (χ0) is 16.5. The van der Waals surface area contributed by atoms with E-state index in [1.807, 2.05) is 0 Å². The third-order valence-corrected chi connectivity index (χ3v) is 6.32. The van der Waals surface area contributed by atoms with E-state index in [-0.39, 0.29) is 5.91 Å². The lowest BCUT2D eigenvalue weighted by Gasteiger charge is -2.06. The summed E-state index contributed by atoms with van der Waals surface area (Å²) >= 11 is 6.96. The van der Waals surface area contributed by atoms with Crippen molar-refractivity contribution < 1.29 is 4.79 Å². The van der Waals surface area contributed by atoms with E-state index in [2.05, 4.69) is 26.1 Å². The number of hydrogen-bond donors (Lipinski definition) is 2. The van der Waals surface area contributed by atoms with Gasteiger partial charge in [-0.25, -0.2) is 0 Å². The molecule has 0 unspecified atom stereocenters. The van der Waals surface area contributed by atoms with Gasteiger partial charge in [-0.05, 0) is 62.4 Å². The second-order valence-electron chi connectivity index (χ2n) is 6.67. The number of rotatable bonds is 5. The Kier molecular flexibility index (Phi) is 4.54. The predicted molar refractivity (Wildman–Crippen MR) is 97.3 cm³/mol. The first-order valence-electron chi connectivity index (χ1n) is 8.78. The van der Waals surface area contributed by atoms with Crippen LogP contribution in [0.1, 0.15) is 64.1 Å². The second kappa shape index (κ2) is 6.80. The van der Waals surface area contributed by atoms with Crippen molar-refractivity contribution >= 4 is 29.5 Å². The number of aromatic nitrogens is 3. The number of nitrogens with one attached hydrogen (secondary N) is 2. The predicted octanol–water partition coefficient (Wildman–Crippen LogP) is 3.58. The maximum atomic E-state index is 12.4. The van der Waals surface area contributed by atoms with E-state index in [0.29, 0.717) is 23.8 Å². The van der Waals surface area contributed by atoms with Crippen molar-refractivity contribution in [2.75, 3.05) is 6.54 Å². The number of aryl methyl sites for hydroxylation is 2. The average Bonchev–Trinajstić information content (AvgIpc) is 3.28. The van der Waals surface area contributed by atoms with Crippen molar-refractivity contribution in [1.29, 1.82) is 0 Å². The molecule has 2 heterocycles. The molecule has 2 aliphatic carbocycles. The van der Waals surface area contributed by atoms with E-state index >= 15 is 0 Å². The number of carbonyl (C=O) groups excluding carboxylic acids is 1. The molecule has 1 amide bonds. The minimum Gasteiger partial charge on any atom is -0.351 e. The van der Waals surface area contributed by atoms with Gasteiger partial charge in [0.15, 0.2) is 4.77 Å². The fourth-order valence-electron chi connectivity index (χ4n) is 3.38. The standard InChI is InChI=1S/C17H22N4OS2/c22-16(14-10-11-4-2-1-3-5-13(11)24-14)18-9-8-15-19-20-17(23)21(15)12-6-7-12/h10,12H,1-9H2,(H,18,22)(H,20,23). The lowest BCUT2D eigenvalue weighted by atomic mass is 10.1. The molecule has 2 N–H and O–H groups in total. The third-order valence-electron chi connectivity index (χ3n) is 4.79. The SMILES string of the molecule is O=C(NCCc1n[nH]c(=S)n1C1CC1)c1cc2c(s1)CCCCC2. The van der Waals surface area contributed by atoms with Crippen molar-refractivity contribution in [3.05, 3.63) is 32.0 Å². The van der Waals surface area contributed by atoms with Crippen LogP contribution in [0, 0.1) is 4.77 Å². The fraction of sp³-hybridized carbons (Fsp3) is 0.588. The van der Waals surface area contributed by atoms with Gasteiger partial charge >= 0.3 is 0 Å². The summed E-state index contributed by atoms with van der Waals surface area (Å²) in [5, 5.41) is 10.2. The Morgan fingerprint density at radius 1 is 1.38 bits per heavy atom. The van der Waals surface area contributed by atoms with Crippen LogP contribution in [0.5, 0.6) is 0 Å². The van der Waals surface area contributed by atoms with Gasteiger partial charge in [-0.15, -0.1) is 11.3 Å². The lowest BCUT2D eigenvalue weighted by Crippen LogP contribution is -2.25. The molecule has 1 fully saturated rings. The van der Waals surface area contributed by atoms with Crippen molar-refractivity contribution in [1.82, 2.24) is 20.1 Å². The first-order valence-corrected chi connectivity index (χ1v) is 10.0. The van der Waals surface area contributed by atoms with Gasteiger partial charge in [-0.2, -0.15) is 5.10 Å². The molecule has 128 valence electrons. The van der Waals surface area contributed by atoms with Crippen LogP contribution in [-0.4, -0.2) is 27.2 Å². The van der Waals surface area contributed by atoms with Crippen LogP contribution in [0.2, 0.25) is 0 Å². The summed E-state index contributed by atoms with van der Waals surface area (Å²) in [6.45, 7) is 0.591. The summed E-state index contributed by atoms with van der Waals surface area (Å²) in [6.07, 6.45) is 9.10. The van der Waals surface area contributed by atoms with Crippen molar-refractivity contribution in [2.45, 2.75) is 57.4 Å². The van der Waals surface area contributed by atoms with Crippen molar-refractivity contribution in [3.63, 3.8) is 0 Å². The van der Waals surface area contributed by atoms with Crippen LogP contribution in [0.25, 0.3) is 0 Å². The van der Waals surface area contributed by atoms with Gasteiger partial charge in [0.05, 0.1) is 4.88 Å². The lowest BCUT2D eigenvalue weighted by molar-refractivity contribution is 0.0958. The Labute approximate surface area is 150 Å². The Morgan fingerprint density at radius 2 is 2.21 bits per heavy atom.